The van der Waals surface area contributed by atoms with Gasteiger partial charge in [0.05, 0.1) is 12.2 Å². The number of ether oxygens (including phenoxy) is 1. The zero-order valence-electron chi connectivity index (χ0n) is 7.64. The molecule has 0 spiro atoms. The van der Waals surface area contributed by atoms with Crippen molar-refractivity contribution in [2.75, 3.05) is 6.61 Å². The Hall–Kier alpha value is -1.58. The molecule has 1 aromatic rings. The number of nitrogens with zero attached hydrogens (tertiary/aromatic N) is 1. The monoisotopic (exact) mass is 193 g/mol. The molecule has 0 aromatic carbocycles. The van der Waals surface area contributed by atoms with Crippen LogP contribution in [0.2, 0.25) is 0 Å². The Bertz CT molecular complexity index is 347. The Balaban J connectivity index is 2.01. The smallest absolute Gasteiger partial charge is 0.335 e. The Labute approximate surface area is 81.5 Å². The second-order valence-electron chi connectivity index (χ2n) is 3.44. The molecule has 14 heavy (non-hydrogen) atoms. The van der Waals surface area contributed by atoms with Gasteiger partial charge < -0.3 is 9.84 Å². The summed E-state index contributed by atoms with van der Waals surface area (Å²) in [6, 6.07) is 2.90. The predicted octanol–water partition coefficient (Wildman–Crippen LogP) is 1.57. The van der Waals surface area contributed by atoms with Crippen LogP contribution in [0.1, 0.15) is 23.2 Å². The molecule has 1 heterocycles. The van der Waals surface area contributed by atoms with Gasteiger partial charge in [-0.2, -0.15) is 0 Å². The quantitative estimate of drug-likeness (QED) is 0.788. The maximum Gasteiger partial charge on any atom is 0.335 e. The van der Waals surface area contributed by atoms with Crippen molar-refractivity contribution >= 4 is 5.97 Å². The summed E-state index contributed by atoms with van der Waals surface area (Å²) in [5.41, 5.74) is 0.214. The van der Waals surface area contributed by atoms with Gasteiger partial charge in [-0.1, -0.05) is 0 Å². The third-order valence-corrected chi connectivity index (χ3v) is 2.15. The topological polar surface area (TPSA) is 59.4 Å². The molecule has 4 nitrogen and oxygen atoms in total. The predicted molar refractivity (Wildman–Crippen MR) is 49.4 cm³/mol. The van der Waals surface area contributed by atoms with Gasteiger partial charge in [-0.25, -0.2) is 9.78 Å². The molecular formula is C10H11NO3. The molecule has 4 heteroatoms. The largest absolute Gasteiger partial charge is 0.478 e. The number of aromatic nitrogens is 1. The third kappa shape index (κ3) is 2.22. The van der Waals surface area contributed by atoms with E-state index in [1.54, 1.807) is 0 Å². The van der Waals surface area contributed by atoms with Gasteiger partial charge in [0.1, 0.15) is 0 Å². The average Bonchev–Trinajstić information content (AvgIpc) is 2.99. The van der Waals surface area contributed by atoms with Crippen LogP contribution in [0.15, 0.2) is 18.3 Å². The van der Waals surface area contributed by atoms with Crippen molar-refractivity contribution in [2.45, 2.75) is 12.8 Å². The van der Waals surface area contributed by atoms with Crippen molar-refractivity contribution in [3.8, 4) is 5.88 Å². The molecule has 0 atom stereocenters. The summed E-state index contributed by atoms with van der Waals surface area (Å²) in [5, 5.41) is 8.72. The number of carboxylic acid groups (broad SMARTS) is 1. The average molecular weight is 193 g/mol. The standard InChI is InChI=1S/C10H11NO3/c12-10(13)8-3-4-11-9(5-8)14-6-7-1-2-7/h3-5,7H,1-2,6H2,(H,12,13). The lowest BCUT2D eigenvalue weighted by molar-refractivity contribution is 0.0696. The molecule has 74 valence electrons. The highest BCUT2D eigenvalue weighted by atomic mass is 16.5. The summed E-state index contributed by atoms with van der Waals surface area (Å²) in [5.74, 6) is 0.0887. The fraction of sp³-hybridized carbons (Fsp3) is 0.400. The maximum atomic E-state index is 10.6. The summed E-state index contributed by atoms with van der Waals surface area (Å²) in [4.78, 5) is 14.6. The highest BCUT2D eigenvalue weighted by Crippen LogP contribution is 2.29. The van der Waals surface area contributed by atoms with Gasteiger partial charge in [0.25, 0.3) is 0 Å². The molecule has 1 saturated carbocycles. The van der Waals surface area contributed by atoms with Crippen molar-refractivity contribution < 1.29 is 14.6 Å². The van der Waals surface area contributed by atoms with Gasteiger partial charge in [-0.3, -0.25) is 0 Å². The Morgan fingerprint density at radius 1 is 1.64 bits per heavy atom. The highest BCUT2D eigenvalue weighted by molar-refractivity contribution is 5.87. The van der Waals surface area contributed by atoms with E-state index in [-0.39, 0.29) is 5.56 Å². The minimum absolute atomic E-state index is 0.214. The van der Waals surface area contributed by atoms with Gasteiger partial charge >= 0.3 is 5.97 Å². The SMILES string of the molecule is O=C(O)c1ccnc(OCC2CC2)c1. The minimum Gasteiger partial charge on any atom is -0.478 e. The van der Waals surface area contributed by atoms with E-state index < -0.39 is 5.97 Å². The van der Waals surface area contributed by atoms with E-state index in [9.17, 15) is 4.79 Å². The van der Waals surface area contributed by atoms with Crippen LogP contribution in [-0.4, -0.2) is 22.7 Å². The van der Waals surface area contributed by atoms with Gasteiger partial charge in [0.2, 0.25) is 5.88 Å². The third-order valence-electron chi connectivity index (χ3n) is 2.15. The number of rotatable bonds is 4. The molecule has 1 aromatic heterocycles. The van der Waals surface area contributed by atoms with Crippen LogP contribution in [0, 0.1) is 5.92 Å². The van der Waals surface area contributed by atoms with Crippen LogP contribution >= 0.6 is 0 Å². The van der Waals surface area contributed by atoms with Crippen LogP contribution in [0.5, 0.6) is 5.88 Å². The fourth-order valence-electron chi connectivity index (χ4n) is 1.11. The molecule has 0 radical (unpaired) electrons. The zero-order chi connectivity index (χ0) is 9.97. The Kier molecular flexibility index (Phi) is 2.35. The zero-order valence-corrected chi connectivity index (χ0v) is 7.64. The lowest BCUT2D eigenvalue weighted by Gasteiger charge is -2.03. The number of carbonyl (C=O) groups is 1. The van der Waals surface area contributed by atoms with Crippen molar-refractivity contribution in [1.29, 1.82) is 0 Å². The first kappa shape index (κ1) is 8.99. The minimum atomic E-state index is -0.955. The molecule has 0 aliphatic heterocycles. The van der Waals surface area contributed by atoms with Gasteiger partial charge in [-0.05, 0) is 24.8 Å². The summed E-state index contributed by atoms with van der Waals surface area (Å²) in [6.07, 6.45) is 3.86. The molecule has 1 aliphatic carbocycles. The van der Waals surface area contributed by atoms with Crippen molar-refractivity contribution in [1.82, 2.24) is 4.98 Å². The lowest BCUT2D eigenvalue weighted by Crippen LogP contribution is -2.03. The number of aromatic carboxylic acids is 1. The summed E-state index contributed by atoms with van der Waals surface area (Å²) >= 11 is 0. The fourth-order valence-corrected chi connectivity index (χ4v) is 1.11. The summed E-state index contributed by atoms with van der Waals surface area (Å²) in [7, 11) is 0. The molecule has 0 saturated heterocycles. The van der Waals surface area contributed by atoms with Gasteiger partial charge in [0, 0.05) is 12.3 Å². The lowest BCUT2D eigenvalue weighted by atomic mass is 10.3. The van der Waals surface area contributed by atoms with Crippen LogP contribution in [-0.2, 0) is 0 Å². The molecule has 1 aliphatic rings. The molecule has 0 amide bonds. The van der Waals surface area contributed by atoms with E-state index in [1.165, 1.54) is 31.2 Å². The second-order valence-corrected chi connectivity index (χ2v) is 3.44. The Morgan fingerprint density at radius 3 is 3.07 bits per heavy atom. The van der Waals surface area contributed by atoms with E-state index in [0.717, 1.165) is 0 Å². The summed E-state index contributed by atoms with van der Waals surface area (Å²) < 4.78 is 5.35. The molecule has 0 unspecified atom stereocenters. The molecule has 2 rings (SSSR count). The van der Waals surface area contributed by atoms with E-state index in [1.807, 2.05) is 0 Å². The molecule has 1 N–H and O–H groups in total. The first-order chi connectivity index (χ1) is 6.75. The van der Waals surface area contributed by atoms with Crippen molar-refractivity contribution in [3.63, 3.8) is 0 Å². The normalized spacial score (nSPS) is 15.1. The Morgan fingerprint density at radius 2 is 2.43 bits per heavy atom. The van der Waals surface area contributed by atoms with E-state index in [0.29, 0.717) is 18.4 Å². The molecule has 0 bridgehead atoms. The van der Waals surface area contributed by atoms with Crippen LogP contribution in [0.4, 0.5) is 0 Å². The van der Waals surface area contributed by atoms with E-state index >= 15 is 0 Å². The van der Waals surface area contributed by atoms with Gasteiger partial charge in [0.15, 0.2) is 0 Å². The first-order valence-electron chi connectivity index (χ1n) is 4.58. The van der Waals surface area contributed by atoms with E-state index in [2.05, 4.69) is 4.98 Å². The van der Waals surface area contributed by atoms with E-state index in [4.69, 9.17) is 9.84 Å². The van der Waals surface area contributed by atoms with Crippen molar-refractivity contribution in [3.05, 3.63) is 23.9 Å². The highest BCUT2D eigenvalue weighted by Gasteiger charge is 2.22. The number of hydrogen-bond donors (Lipinski definition) is 1. The second kappa shape index (κ2) is 3.65. The number of carboxylic acids is 1. The van der Waals surface area contributed by atoms with Crippen LogP contribution in [0.25, 0.3) is 0 Å². The van der Waals surface area contributed by atoms with Crippen LogP contribution < -0.4 is 4.74 Å². The summed E-state index contributed by atoms with van der Waals surface area (Å²) in [6.45, 7) is 0.649. The first-order valence-corrected chi connectivity index (χ1v) is 4.58. The van der Waals surface area contributed by atoms with Crippen LogP contribution in [0.3, 0.4) is 0 Å². The maximum absolute atomic E-state index is 10.6. The van der Waals surface area contributed by atoms with Gasteiger partial charge in [-0.15, -0.1) is 0 Å². The number of hydrogen-bond acceptors (Lipinski definition) is 3. The number of pyridine rings is 1. The van der Waals surface area contributed by atoms with Crippen molar-refractivity contribution in [2.24, 2.45) is 5.92 Å². The molecular weight excluding hydrogens is 182 g/mol. The molecule has 1 fully saturated rings.